The van der Waals surface area contributed by atoms with Gasteiger partial charge in [-0.15, -0.1) is 6.42 Å². The van der Waals surface area contributed by atoms with Crippen LogP contribution in [0.3, 0.4) is 0 Å². The SMILES string of the molecule is C#CCN(CC)C(=O)c1cc(N)c(F)cc1F. The lowest BCUT2D eigenvalue weighted by Crippen LogP contribution is -2.31. The Hall–Kier alpha value is -2.09. The van der Waals surface area contributed by atoms with E-state index < -0.39 is 17.5 Å². The molecule has 2 N–H and O–H groups in total. The molecule has 0 fully saturated rings. The molecule has 0 radical (unpaired) electrons. The first-order chi connectivity index (χ1) is 8.01. The molecule has 17 heavy (non-hydrogen) atoms. The average Bonchev–Trinajstić information content (AvgIpc) is 2.30. The lowest BCUT2D eigenvalue weighted by molar-refractivity contribution is 0.0780. The zero-order valence-electron chi connectivity index (χ0n) is 9.34. The number of benzene rings is 1. The number of nitrogens with zero attached hydrogens (tertiary/aromatic N) is 1. The number of amides is 1. The van der Waals surface area contributed by atoms with Crippen molar-refractivity contribution in [3.63, 3.8) is 0 Å². The molecule has 0 aromatic heterocycles. The van der Waals surface area contributed by atoms with Gasteiger partial charge in [0.05, 0.1) is 17.8 Å². The largest absolute Gasteiger partial charge is 0.396 e. The summed E-state index contributed by atoms with van der Waals surface area (Å²) in [6.45, 7) is 2.10. The van der Waals surface area contributed by atoms with E-state index in [0.29, 0.717) is 12.6 Å². The molecule has 0 aliphatic carbocycles. The number of rotatable bonds is 3. The minimum absolute atomic E-state index is 0.0616. The predicted octanol–water partition coefficient (Wildman–Crippen LogP) is 1.64. The fourth-order valence-corrected chi connectivity index (χ4v) is 1.34. The second kappa shape index (κ2) is 5.30. The summed E-state index contributed by atoms with van der Waals surface area (Å²) in [7, 11) is 0. The molecule has 0 aliphatic rings. The van der Waals surface area contributed by atoms with E-state index in [1.165, 1.54) is 4.90 Å². The molecular formula is C12H12F2N2O. The summed E-state index contributed by atoms with van der Waals surface area (Å²) in [4.78, 5) is 13.1. The van der Waals surface area contributed by atoms with E-state index in [2.05, 4.69) is 5.92 Å². The normalized spacial score (nSPS) is 9.76. The Labute approximate surface area is 98.2 Å². The molecular weight excluding hydrogens is 226 g/mol. The molecule has 0 saturated carbocycles. The minimum atomic E-state index is -0.947. The molecule has 1 rings (SSSR count). The first kappa shape index (κ1) is 13.0. The number of carbonyl (C=O) groups is 1. The van der Waals surface area contributed by atoms with E-state index in [0.717, 1.165) is 6.07 Å². The van der Waals surface area contributed by atoms with E-state index in [1.54, 1.807) is 6.92 Å². The standard InChI is InChI=1S/C12H12F2N2O/c1-3-5-16(4-2)12(17)8-6-11(15)10(14)7-9(8)13/h1,6-7H,4-5,15H2,2H3. The van der Waals surface area contributed by atoms with Gasteiger partial charge in [-0.1, -0.05) is 5.92 Å². The molecule has 3 nitrogen and oxygen atoms in total. The molecule has 1 aromatic rings. The summed E-state index contributed by atoms with van der Waals surface area (Å²) in [5.41, 5.74) is 4.74. The van der Waals surface area contributed by atoms with Crippen molar-refractivity contribution in [2.24, 2.45) is 0 Å². The van der Waals surface area contributed by atoms with Crippen LogP contribution < -0.4 is 5.73 Å². The lowest BCUT2D eigenvalue weighted by atomic mass is 10.1. The van der Waals surface area contributed by atoms with Crippen LogP contribution in [0.5, 0.6) is 0 Å². The van der Waals surface area contributed by atoms with Crippen molar-refractivity contribution in [2.75, 3.05) is 18.8 Å². The van der Waals surface area contributed by atoms with Gasteiger partial charge in [-0.3, -0.25) is 4.79 Å². The first-order valence-corrected chi connectivity index (χ1v) is 4.98. The number of carbonyl (C=O) groups excluding carboxylic acids is 1. The monoisotopic (exact) mass is 238 g/mol. The second-order valence-electron chi connectivity index (χ2n) is 3.38. The Balaban J connectivity index is 3.12. The maximum Gasteiger partial charge on any atom is 0.257 e. The topological polar surface area (TPSA) is 46.3 Å². The van der Waals surface area contributed by atoms with Crippen LogP contribution in [0, 0.1) is 24.0 Å². The Morgan fingerprint density at radius 3 is 2.65 bits per heavy atom. The molecule has 0 heterocycles. The quantitative estimate of drug-likeness (QED) is 0.642. The third kappa shape index (κ3) is 2.72. The summed E-state index contributed by atoms with van der Waals surface area (Å²) in [6.07, 6.45) is 5.09. The zero-order chi connectivity index (χ0) is 13.0. The molecule has 0 atom stereocenters. The van der Waals surface area contributed by atoms with Crippen LogP contribution in [0.4, 0.5) is 14.5 Å². The fourth-order valence-electron chi connectivity index (χ4n) is 1.34. The van der Waals surface area contributed by atoms with Gasteiger partial charge < -0.3 is 10.6 Å². The number of hydrogen-bond donors (Lipinski definition) is 1. The summed E-state index contributed by atoms with van der Waals surface area (Å²) in [5, 5.41) is 0. The summed E-state index contributed by atoms with van der Waals surface area (Å²) in [5.74, 6) is -0.147. The van der Waals surface area contributed by atoms with Crippen LogP contribution in [0.25, 0.3) is 0 Å². The van der Waals surface area contributed by atoms with Crippen LogP contribution in [0.2, 0.25) is 0 Å². The van der Waals surface area contributed by atoms with Crippen molar-refractivity contribution in [3.05, 3.63) is 29.3 Å². The van der Waals surface area contributed by atoms with Crippen LogP contribution in [-0.4, -0.2) is 23.9 Å². The van der Waals surface area contributed by atoms with Gasteiger partial charge in [0.1, 0.15) is 11.6 Å². The highest BCUT2D eigenvalue weighted by atomic mass is 19.1. The number of nitrogen functional groups attached to an aromatic ring is 1. The third-order valence-corrected chi connectivity index (χ3v) is 2.27. The number of nitrogens with two attached hydrogens (primary N) is 1. The average molecular weight is 238 g/mol. The Bertz CT molecular complexity index is 480. The van der Waals surface area contributed by atoms with Crippen molar-refractivity contribution in [2.45, 2.75) is 6.92 Å². The smallest absolute Gasteiger partial charge is 0.257 e. The van der Waals surface area contributed by atoms with Gasteiger partial charge in [0, 0.05) is 12.6 Å². The van der Waals surface area contributed by atoms with Gasteiger partial charge >= 0.3 is 0 Å². The van der Waals surface area contributed by atoms with Crippen molar-refractivity contribution >= 4 is 11.6 Å². The van der Waals surface area contributed by atoms with Crippen LogP contribution in [0.1, 0.15) is 17.3 Å². The maximum atomic E-state index is 13.4. The van der Waals surface area contributed by atoms with Gasteiger partial charge in [0.2, 0.25) is 0 Å². The Morgan fingerprint density at radius 2 is 2.12 bits per heavy atom. The Morgan fingerprint density at radius 1 is 1.47 bits per heavy atom. The van der Waals surface area contributed by atoms with Crippen molar-refractivity contribution in [3.8, 4) is 12.3 Å². The van der Waals surface area contributed by atoms with Crippen LogP contribution in [-0.2, 0) is 0 Å². The number of halogens is 2. The molecule has 90 valence electrons. The summed E-state index contributed by atoms with van der Waals surface area (Å²) in [6, 6.07) is 1.57. The Kier molecular flexibility index (Phi) is 4.05. The zero-order valence-corrected chi connectivity index (χ0v) is 9.34. The highest BCUT2D eigenvalue weighted by Crippen LogP contribution is 2.18. The van der Waals surface area contributed by atoms with E-state index in [-0.39, 0.29) is 17.8 Å². The summed E-state index contributed by atoms with van der Waals surface area (Å²) >= 11 is 0. The lowest BCUT2D eigenvalue weighted by Gasteiger charge is -2.18. The van der Waals surface area contributed by atoms with Gasteiger partial charge in [-0.25, -0.2) is 8.78 Å². The molecule has 5 heteroatoms. The second-order valence-corrected chi connectivity index (χ2v) is 3.38. The highest BCUT2D eigenvalue weighted by Gasteiger charge is 2.19. The van der Waals surface area contributed by atoms with Gasteiger partial charge in [-0.05, 0) is 13.0 Å². The number of hydrogen-bond acceptors (Lipinski definition) is 2. The van der Waals surface area contributed by atoms with Gasteiger partial charge in [0.15, 0.2) is 0 Å². The van der Waals surface area contributed by atoms with Crippen molar-refractivity contribution < 1.29 is 13.6 Å². The van der Waals surface area contributed by atoms with Gasteiger partial charge in [0.25, 0.3) is 5.91 Å². The number of anilines is 1. The third-order valence-electron chi connectivity index (χ3n) is 2.27. The minimum Gasteiger partial charge on any atom is -0.396 e. The maximum absolute atomic E-state index is 13.4. The molecule has 0 unspecified atom stereocenters. The molecule has 0 spiro atoms. The van der Waals surface area contributed by atoms with Crippen LogP contribution in [0.15, 0.2) is 12.1 Å². The first-order valence-electron chi connectivity index (χ1n) is 4.98. The van der Waals surface area contributed by atoms with Crippen LogP contribution >= 0.6 is 0 Å². The number of terminal acetylenes is 1. The predicted molar refractivity (Wildman–Crippen MR) is 61.2 cm³/mol. The highest BCUT2D eigenvalue weighted by molar-refractivity contribution is 5.95. The molecule has 0 saturated heterocycles. The summed E-state index contributed by atoms with van der Waals surface area (Å²) < 4.78 is 26.4. The van der Waals surface area contributed by atoms with E-state index in [4.69, 9.17) is 12.2 Å². The van der Waals surface area contributed by atoms with Crippen molar-refractivity contribution in [1.29, 1.82) is 0 Å². The molecule has 1 aromatic carbocycles. The molecule has 0 aliphatic heterocycles. The molecule has 0 bridgehead atoms. The van der Waals surface area contributed by atoms with E-state index in [9.17, 15) is 13.6 Å². The van der Waals surface area contributed by atoms with Gasteiger partial charge in [-0.2, -0.15) is 0 Å². The molecule has 1 amide bonds. The fraction of sp³-hybridized carbons (Fsp3) is 0.250. The van der Waals surface area contributed by atoms with E-state index >= 15 is 0 Å². The van der Waals surface area contributed by atoms with E-state index in [1.807, 2.05) is 0 Å². The van der Waals surface area contributed by atoms with Crippen molar-refractivity contribution in [1.82, 2.24) is 4.90 Å².